The number of anilines is 1. The Morgan fingerprint density at radius 1 is 1.23 bits per heavy atom. The van der Waals surface area contributed by atoms with Crippen LogP contribution in [0.4, 0.5) is 17.1 Å². The number of nitro groups is 2. The fourth-order valence-corrected chi connectivity index (χ4v) is 1.59. The minimum Gasteiger partial charge on any atom is -0.272 e. The van der Waals surface area contributed by atoms with E-state index in [4.69, 9.17) is 0 Å². The van der Waals surface area contributed by atoms with E-state index in [0.717, 1.165) is 11.8 Å². The molecule has 0 fully saturated rings. The van der Waals surface area contributed by atoms with Crippen molar-refractivity contribution in [3.05, 3.63) is 38.4 Å². The SMILES string of the molecule is C/C(=N/Nc1ccc([N+](=O)[O-])cc1[N+](=O)[O-])C(C)(C)C(C)C. The summed E-state index contributed by atoms with van der Waals surface area (Å²) in [6.07, 6.45) is 0. The molecule has 0 atom stereocenters. The Bertz CT molecular complexity index is 623. The van der Waals surface area contributed by atoms with Crippen molar-refractivity contribution in [3.63, 3.8) is 0 Å². The lowest BCUT2D eigenvalue weighted by atomic mass is 9.77. The Kier molecular flexibility index (Phi) is 5.19. The van der Waals surface area contributed by atoms with Crippen LogP contribution in [0.2, 0.25) is 0 Å². The molecule has 0 unspecified atom stereocenters. The predicted octanol–water partition coefficient (Wildman–Crippen LogP) is 3.97. The minimum atomic E-state index is -0.673. The van der Waals surface area contributed by atoms with Gasteiger partial charge in [0.15, 0.2) is 0 Å². The second-order valence-electron chi connectivity index (χ2n) is 5.90. The van der Waals surface area contributed by atoms with E-state index in [0.29, 0.717) is 5.92 Å². The molecule has 120 valence electrons. The topological polar surface area (TPSA) is 111 Å². The van der Waals surface area contributed by atoms with Crippen molar-refractivity contribution in [2.45, 2.75) is 34.6 Å². The van der Waals surface area contributed by atoms with Crippen LogP contribution in [0.3, 0.4) is 0 Å². The highest BCUT2D eigenvalue weighted by Gasteiger charge is 2.26. The van der Waals surface area contributed by atoms with Crippen molar-refractivity contribution >= 4 is 22.8 Å². The van der Waals surface area contributed by atoms with Crippen molar-refractivity contribution in [2.75, 3.05) is 5.43 Å². The van der Waals surface area contributed by atoms with Gasteiger partial charge in [-0.15, -0.1) is 0 Å². The average Bonchev–Trinajstić information content (AvgIpc) is 2.43. The standard InChI is InChI=1S/C14H20N4O4/c1-9(2)14(4,5)10(3)15-16-12-7-6-11(17(19)20)8-13(12)18(21)22/h6-9,16H,1-5H3/b15-10-. The summed E-state index contributed by atoms with van der Waals surface area (Å²) < 4.78 is 0. The van der Waals surface area contributed by atoms with Gasteiger partial charge in [0.2, 0.25) is 0 Å². The molecular weight excluding hydrogens is 288 g/mol. The number of nitrogens with one attached hydrogen (secondary N) is 1. The van der Waals surface area contributed by atoms with Crippen LogP contribution in [-0.4, -0.2) is 15.6 Å². The number of hydrazone groups is 1. The average molecular weight is 308 g/mol. The van der Waals surface area contributed by atoms with Gasteiger partial charge < -0.3 is 0 Å². The van der Waals surface area contributed by atoms with Crippen LogP contribution in [0.1, 0.15) is 34.6 Å². The lowest BCUT2D eigenvalue weighted by molar-refractivity contribution is -0.393. The predicted molar refractivity (Wildman–Crippen MR) is 85.1 cm³/mol. The second-order valence-corrected chi connectivity index (χ2v) is 5.90. The third-order valence-electron chi connectivity index (χ3n) is 4.11. The first-order valence-electron chi connectivity index (χ1n) is 6.81. The van der Waals surface area contributed by atoms with Gasteiger partial charge in [0, 0.05) is 17.2 Å². The second kappa shape index (κ2) is 6.50. The first kappa shape index (κ1) is 17.5. The summed E-state index contributed by atoms with van der Waals surface area (Å²) in [6.45, 7) is 10.0. The first-order valence-corrected chi connectivity index (χ1v) is 6.81. The van der Waals surface area contributed by atoms with Gasteiger partial charge in [-0.3, -0.25) is 25.7 Å². The molecule has 1 aromatic rings. The van der Waals surface area contributed by atoms with Gasteiger partial charge in [-0.2, -0.15) is 5.10 Å². The summed E-state index contributed by atoms with van der Waals surface area (Å²) in [5, 5.41) is 25.9. The van der Waals surface area contributed by atoms with Crippen molar-refractivity contribution in [1.82, 2.24) is 0 Å². The van der Waals surface area contributed by atoms with Crippen molar-refractivity contribution < 1.29 is 9.85 Å². The molecule has 0 bridgehead atoms. The van der Waals surface area contributed by atoms with E-state index in [2.05, 4.69) is 24.4 Å². The molecule has 1 rings (SSSR count). The molecule has 0 aromatic heterocycles. The summed E-state index contributed by atoms with van der Waals surface area (Å²) in [7, 11) is 0. The number of hydrogen-bond acceptors (Lipinski definition) is 6. The van der Waals surface area contributed by atoms with Crippen LogP contribution in [0.25, 0.3) is 0 Å². The molecule has 0 amide bonds. The molecule has 0 saturated heterocycles. The third kappa shape index (κ3) is 3.78. The molecule has 1 N–H and O–H groups in total. The van der Waals surface area contributed by atoms with Crippen LogP contribution >= 0.6 is 0 Å². The van der Waals surface area contributed by atoms with Crippen LogP contribution in [0.15, 0.2) is 23.3 Å². The van der Waals surface area contributed by atoms with Crippen LogP contribution < -0.4 is 5.43 Å². The summed E-state index contributed by atoms with van der Waals surface area (Å²) >= 11 is 0. The maximum absolute atomic E-state index is 11.0. The summed E-state index contributed by atoms with van der Waals surface area (Å²) in [5.74, 6) is 0.338. The van der Waals surface area contributed by atoms with Gasteiger partial charge in [0.1, 0.15) is 5.69 Å². The van der Waals surface area contributed by atoms with Crippen molar-refractivity contribution in [2.24, 2.45) is 16.4 Å². The zero-order valence-corrected chi connectivity index (χ0v) is 13.3. The van der Waals surface area contributed by atoms with Gasteiger partial charge >= 0.3 is 5.69 Å². The molecule has 0 aliphatic carbocycles. The normalized spacial score (nSPS) is 12.4. The number of benzene rings is 1. The van der Waals surface area contributed by atoms with E-state index in [-0.39, 0.29) is 22.5 Å². The Morgan fingerprint density at radius 2 is 1.82 bits per heavy atom. The molecule has 0 saturated carbocycles. The maximum atomic E-state index is 11.0. The summed E-state index contributed by atoms with van der Waals surface area (Å²) in [4.78, 5) is 20.4. The number of nitrogens with zero attached hydrogens (tertiary/aromatic N) is 3. The molecule has 0 aliphatic rings. The lowest BCUT2D eigenvalue weighted by Crippen LogP contribution is -2.28. The molecule has 1 aromatic carbocycles. The van der Waals surface area contributed by atoms with Crippen LogP contribution in [0, 0.1) is 31.6 Å². The largest absolute Gasteiger partial charge is 0.301 e. The van der Waals surface area contributed by atoms with Crippen molar-refractivity contribution in [3.8, 4) is 0 Å². The Labute approximate surface area is 128 Å². The van der Waals surface area contributed by atoms with E-state index in [1.165, 1.54) is 12.1 Å². The number of non-ortho nitro benzene ring substituents is 1. The zero-order chi connectivity index (χ0) is 17.1. The smallest absolute Gasteiger partial charge is 0.272 e. The Morgan fingerprint density at radius 3 is 2.27 bits per heavy atom. The number of rotatable bonds is 6. The van der Waals surface area contributed by atoms with Crippen molar-refractivity contribution in [1.29, 1.82) is 0 Å². The first-order chi connectivity index (χ1) is 10.1. The quantitative estimate of drug-likeness (QED) is 0.485. The van der Waals surface area contributed by atoms with Gasteiger partial charge in [-0.25, -0.2) is 0 Å². The summed E-state index contributed by atoms with van der Waals surface area (Å²) in [5.41, 5.74) is 2.66. The monoisotopic (exact) mass is 308 g/mol. The molecule has 0 spiro atoms. The van der Waals surface area contributed by atoms with E-state index in [1.807, 2.05) is 20.8 Å². The van der Waals surface area contributed by atoms with Crippen LogP contribution in [0.5, 0.6) is 0 Å². The molecular formula is C14H20N4O4. The lowest BCUT2D eigenvalue weighted by Gasteiger charge is -2.28. The van der Waals surface area contributed by atoms with E-state index >= 15 is 0 Å². The fraction of sp³-hybridized carbons (Fsp3) is 0.500. The maximum Gasteiger partial charge on any atom is 0.301 e. The minimum absolute atomic E-state index is 0.120. The van der Waals surface area contributed by atoms with Crippen LogP contribution in [-0.2, 0) is 0 Å². The zero-order valence-electron chi connectivity index (χ0n) is 13.3. The molecule has 0 heterocycles. The van der Waals surface area contributed by atoms with Gasteiger partial charge in [-0.05, 0) is 18.9 Å². The molecule has 22 heavy (non-hydrogen) atoms. The van der Waals surface area contributed by atoms with Gasteiger partial charge in [-0.1, -0.05) is 27.7 Å². The molecule has 0 aliphatic heterocycles. The highest BCUT2D eigenvalue weighted by atomic mass is 16.6. The van der Waals surface area contributed by atoms with Gasteiger partial charge in [0.25, 0.3) is 5.69 Å². The van der Waals surface area contributed by atoms with E-state index in [9.17, 15) is 20.2 Å². The third-order valence-corrected chi connectivity index (χ3v) is 4.11. The number of hydrogen-bond donors (Lipinski definition) is 1. The summed E-state index contributed by atoms with van der Waals surface area (Å²) in [6, 6.07) is 3.41. The highest BCUT2D eigenvalue weighted by molar-refractivity contribution is 5.88. The number of nitro benzene ring substituents is 2. The highest BCUT2D eigenvalue weighted by Crippen LogP contribution is 2.31. The molecule has 8 nitrogen and oxygen atoms in total. The molecule has 0 radical (unpaired) electrons. The van der Waals surface area contributed by atoms with Gasteiger partial charge in [0.05, 0.1) is 15.9 Å². The van der Waals surface area contributed by atoms with E-state index in [1.54, 1.807) is 0 Å². The van der Waals surface area contributed by atoms with E-state index < -0.39 is 9.85 Å². The Balaban J connectivity index is 3.13. The Hall–Kier alpha value is -2.51. The molecule has 8 heteroatoms. The fourth-order valence-electron chi connectivity index (χ4n) is 1.59.